The van der Waals surface area contributed by atoms with Crippen LogP contribution >= 0.6 is 0 Å². The molecule has 2 fully saturated rings. The minimum absolute atomic E-state index is 0.0431. The summed E-state index contributed by atoms with van der Waals surface area (Å²) in [6, 6.07) is 1.04. The van der Waals surface area contributed by atoms with Gasteiger partial charge in [0.2, 0.25) is 16.0 Å². The van der Waals surface area contributed by atoms with Crippen molar-refractivity contribution in [3.8, 4) is 0 Å². The monoisotopic (exact) mass is 503 g/mol. The average molecular weight is 504 g/mol. The van der Waals surface area contributed by atoms with Crippen LogP contribution in [-0.2, 0) is 10.0 Å². The molecule has 13 heteroatoms. The molecule has 9 nitrogen and oxygen atoms in total. The van der Waals surface area contributed by atoms with Gasteiger partial charge in [-0.3, -0.25) is 9.36 Å². The maximum atomic E-state index is 13.0. The van der Waals surface area contributed by atoms with E-state index in [9.17, 15) is 31.5 Å². The van der Waals surface area contributed by atoms with Crippen molar-refractivity contribution in [2.24, 2.45) is 0 Å². The van der Waals surface area contributed by atoms with Crippen LogP contribution in [0.5, 0.6) is 0 Å². The van der Waals surface area contributed by atoms with Gasteiger partial charge in [-0.25, -0.2) is 17.7 Å². The molecule has 2 N–H and O–H groups in total. The minimum Gasteiger partial charge on any atom is -0.388 e. The van der Waals surface area contributed by atoms with E-state index in [4.69, 9.17) is 0 Å². The summed E-state index contributed by atoms with van der Waals surface area (Å²) in [6.45, 7) is 3.33. The average Bonchev–Trinajstić information content (AvgIpc) is 3.07. The highest BCUT2D eigenvalue weighted by molar-refractivity contribution is 7.89. The van der Waals surface area contributed by atoms with Crippen molar-refractivity contribution < 1.29 is 26.7 Å². The fourth-order valence-corrected chi connectivity index (χ4v) is 6.28. The van der Waals surface area contributed by atoms with Crippen LogP contribution in [0.3, 0.4) is 0 Å². The van der Waals surface area contributed by atoms with E-state index in [-0.39, 0.29) is 43.5 Å². The molecular formula is C21H28F3N5O4S. The van der Waals surface area contributed by atoms with Crippen LogP contribution < -0.4 is 10.9 Å². The number of rotatable bonds is 5. The Labute approximate surface area is 195 Å². The van der Waals surface area contributed by atoms with Crippen molar-refractivity contribution in [2.45, 2.75) is 69.8 Å². The molecule has 188 valence electrons. The number of nitrogens with zero attached hydrogens (tertiary/aromatic N) is 4. The van der Waals surface area contributed by atoms with Crippen LogP contribution in [0.2, 0.25) is 0 Å². The third kappa shape index (κ3) is 5.05. The maximum absolute atomic E-state index is 13.0. The lowest BCUT2D eigenvalue weighted by Gasteiger charge is -2.32. The molecule has 2 aliphatic rings. The summed E-state index contributed by atoms with van der Waals surface area (Å²) in [6.07, 6.45) is -0.627. The number of pyridine rings is 1. The number of aryl methyl sites for hydroxylation is 1. The molecule has 0 spiro atoms. The van der Waals surface area contributed by atoms with E-state index in [1.54, 1.807) is 26.1 Å². The van der Waals surface area contributed by atoms with E-state index in [1.807, 2.05) is 0 Å². The summed E-state index contributed by atoms with van der Waals surface area (Å²) in [4.78, 5) is 21.9. The van der Waals surface area contributed by atoms with Crippen LogP contribution in [0.25, 0.3) is 11.0 Å². The first kappa shape index (κ1) is 24.9. The van der Waals surface area contributed by atoms with Gasteiger partial charge in [-0.2, -0.15) is 18.2 Å². The van der Waals surface area contributed by atoms with Crippen molar-refractivity contribution in [1.82, 2.24) is 18.8 Å². The third-order valence-corrected chi connectivity index (χ3v) is 8.51. The number of halogens is 3. The molecule has 0 radical (unpaired) electrons. The van der Waals surface area contributed by atoms with Gasteiger partial charge in [0.05, 0.1) is 11.6 Å². The van der Waals surface area contributed by atoms with Crippen molar-refractivity contribution in [3.05, 3.63) is 28.2 Å². The molecule has 34 heavy (non-hydrogen) atoms. The second-order valence-corrected chi connectivity index (χ2v) is 11.4. The molecule has 2 aromatic rings. The molecule has 4 rings (SSSR count). The number of hydrogen-bond donors (Lipinski definition) is 2. The lowest BCUT2D eigenvalue weighted by atomic mass is 9.99. The lowest BCUT2D eigenvalue weighted by molar-refractivity contribution is -0.107. The second kappa shape index (κ2) is 8.76. The summed E-state index contributed by atoms with van der Waals surface area (Å²) >= 11 is 0. The Balaban J connectivity index is 1.55. The van der Waals surface area contributed by atoms with Crippen LogP contribution in [0.4, 0.5) is 19.1 Å². The van der Waals surface area contributed by atoms with Crippen molar-refractivity contribution >= 4 is 27.0 Å². The molecule has 1 aliphatic heterocycles. The molecule has 0 amide bonds. The Bertz CT molecular complexity index is 1240. The van der Waals surface area contributed by atoms with Gasteiger partial charge in [0, 0.05) is 36.3 Å². The van der Waals surface area contributed by atoms with E-state index in [0.717, 1.165) is 10.7 Å². The van der Waals surface area contributed by atoms with E-state index in [2.05, 4.69) is 15.3 Å². The normalized spacial score (nSPS) is 25.2. The summed E-state index contributed by atoms with van der Waals surface area (Å²) < 4.78 is 64.1. The van der Waals surface area contributed by atoms with Gasteiger partial charge in [-0.15, -0.1) is 0 Å². The largest absolute Gasteiger partial charge is 0.404 e. The highest BCUT2D eigenvalue weighted by atomic mass is 32.2. The van der Waals surface area contributed by atoms with E-state index < -0.39 is 33.6 Å². The number of anilines is 1. The minimum atomic E-state index is -4.79. The maximum Gasteiger partial charge on any atom is 0.404 e. The highest BCUT2D eigenvalue weighted by Gasteiger charge is 2.41. The topological polar surface area (TPSA) is 117 Å². The predicted octanol–water partition coefficient (Wildman–Crippen LogP) is 2.34. The van der Waals surface area contributed by atoms with Gasteiger partial charge in [-0.05, 0) is 52.0 Å². The van der Waals surface area contributed by atoms with Crippen LogP contribution in [-0.4, -0.2) is 69.0 Å². The van der Waals surface area contributed by atoms with Gasteiger partial charge in [0.1, 0.15) is 5.65 Å². The number of hydrogen-bond acceptors (Lipinski definition) is 7. The first-order valence-electron chi connectivity index (χ1n) is 11.2. The van der Waals surface area contributed by atoms with Gasteiger partial charge in [-0.1, -0.05) is 0 Å². The van der Waals surface area contributed by atoms with Crippen LogP contribution in [0, 0.1) is 6.92 Å². The first-order chi connectivity index (χ1) is 15.8. The van der Waals surface area contributed by atoms with Gasteiger partial charge in [0.25, 0.3) is 5.56 Å². The van der Waals surface area contributed by atoms with Gasteiger partial charge in [0.15, 0.2) is 5.75 Å². The summed E-state index contributed by atoms with van der Waals surface area (Å²) in [5, 5.41) is 14.6. The standard InChI is InChI=1S/C21H28F3N5O4S/c1-13-10-14-11-25-19(27-17(14)29(18(13)30)16-4-3-7-20(16,2)31)26-15-5-8-28(9-6-15)34(32,33)12-21(22,23)24/h10-11,15-16,31H,3-9,12H2,1-2H3,(H,25,26,27). The second-order valence-electron chi connectivity index (χ2n) is 9.43. The third-order valence-electron chi connectivity index (χ3n) is 6.67. The zero-order valence-electron chi connectivity index (χ0n) is 19.0. The Morgan fingerprint density at radius 3 is 2.53 bits per heavy atom. The van der Waals surface area contributed by atoms with Gasteiger partial charge < -0.3 is 10.4 Å². The number of aliphatic hydroxyl groups is 1. The summed E-state index contributed by atoms with van der Waals surface area (Å²) in [7, 11) is -4.41. The molecule has 1 aliphatic carbocycles. The quantitative estimate of drug-likeness (QED) is 0.643. The molecule has 2 aromatic heterocycles. The Hall–Kier alpha value is -2.25. The van der Waals surface area contributed by atoms with Crippen molar-refractivity contribution in [2.75, 3.05) is 24.2 Å². The van der Waals surface area contributed by atoms with Crippen LogP contribution in [0.1, 0.15) is 50.6 Å². The number of nitrogens with one attached hydrogen (secondary N) is 1. The van der Waals surface area contributed by atoms with E-state index in [0.29, 0.717) is 29.4 Å². The van der Waals surface area contributed by atoms with Crippen LogP contribution in [0.15, 0.2) is 17.1 Å². The molecule has 2 atom stereocenters. The summed E-state index contributed by atoms with van der Waals surface area (Å²) in [5.41, 5.74) is -0.359. The molecule has 0 aromatic carbocycles. The lowest BCUT2D eigenvalue weighted by Crippen LogP contribution is -2.45. The number of piperidine rings is 1. The summed E-state index contributed by atoms with van der Waals surface area (Å²) in [5.74, 6) is -1.63. The Morgan fingerprint density at radius 2 is 1.94 bits per heavy atom. The van der Waals surface area contributed by atoms with E-state index >= 15 is 0 Å². The molecular weight excluding hydrogens is 475 g/mol. The molecule has 1 saturated heterocycles. The smallest absolute Gasteiger partial charge is 0.388 e. The van der Waals surface area contributed by atoms with Crippen molar-refractivity contribution in [3.63, 3.8) is 0 Å². The number of alkyl halides is 3. The van der Waals surface area contributed by atoms with Gasteiger partial charge >= 0.3 is 6.18 Å². The Kier molecular flexibility index (Phi) is 6.40. The number of sulfonamides is 1. The van der Waals surface area contributed by atoms with E-state index in [1.165, 1.54) is 4.57 Å². The predicted molar refractivity (Wildman–Crippen MR) is 120 cm³/mol. The highest BCUT2D eigenvalue weighted by Crippen LogP contribution is 2.39. The SMILES string of the molecule is Cc1cc2cnc(NC3CCN(S(=O)(=O)CC(F)(F)F)CC3)nc2n(C2CCCC2(C)O)c1=O. The fourth-order valence-electron chi connectivity index (χ4n) is 4.91. The zero-order chi connectivity index (χ0) is 24.9. The molecule has 3 heterocycles. The Morgan fingerprint density at radius 1 is 1.26 bits per heavy atom. The molecule has 0 bridgehead atoms. The molecule has 2 unspecified atom stereocenters. The first-order valence-corrected chi connectivity index (χ1v) is 12.8. The number of fused-ring (bicyclic) bond motifs is 1. The zero-order valence-corrected chi connectivity index (χ0v) is 19.8. The fraction of sp³-hybridized carbons (Fsp3) is 0.667. The van der Waals surface area contributed by atoms with Crippen molar-refractivity contribution in [1.29, 1.82) is 0 Å². The number of aromatic nitrogens is 3. The molecule has 1 saturated carbocycles.